The van der Waals surface area contributed by atoms with Gasteiger partial charge >= 0.3 is 0 Å². The van der Waals surface area contributed by atoms with Crippen LogP contribution in [0.4, 0.5) is 4.39 Å². The monoisotopic (exact) mass is 382 g/mol. The Morgan fingerprint density at radius 2 is 1.46 bits per heavy atom. The lowest BCUT2D eigenvalue weighted by atomic mass is 9.89. The zero-order chi connectivity index (χ0) is 19.8. The van der Waals surface area contributed by atoms with Gasteiger partial charge in [-0.1, -0.05) is 42.5 Å². The summed E-state index contributed by atoms with van der Waals surface area (Å²) in [4.78, 5) is 15.5. The van der Waals surface area contributed by atoms with Crippen LogP contribution in [-0.2, 0) is 17.8 Å². The minimum atomic E-state index is -0.194. The number of nitrogens with zero attached hydrogens (tertiary/aromatic N) is 2. The van der Waals surface area contributed by atoms with Gasteiger partial charge in [0.25, 0.3) is 0 Å². The molecule has 0 aliphatic carbocycles. The van der Waals surface area contributed by atoms with Crippen LogP contribution in [0, 0.1) is 11.7 Å². The number of benzene rings is 2. The fourth-order valence-electron chi connectivity index (χ4n) is 4.04. The summed E-state index contributed by atoms with van der Waals surface area (Å²) < 4.78 is 12.9. The van der Waals surface area contributed by atoms with Crippen molar-refractivity contribution in [2.24, 2.45) is 5.92 Å². The van der Waals surface area contributed by atoms with Crippen LogP contribution < -0.4 is 0 Å². The number of hydrogen-bond donors (Lipinski definition) is 0. The number of hydrogen-bond acceptors (Lipinski definition) is 2. The largest absolute Gasteiger partial charge is 0.338 e. The van der Waals surface area contributed by atoms with Crippen molar-refractivity contribution in [1.29, 1.82) is 0 Å². The highest BCUT2D eigenvalue weighted by Gasteiger charge is 2.24. The van der Waals surface area contributed by atoms with E-state index in [9.17, 15) is 9.18 Å². The first-order valence-electron chi connectivity index (χ1n) is 10.4. The van der Waals surface area contributed by atoms with Gasteiger partial charge in [-0.15, -0.1) is 0 Å². The summed E-state index contributed by atoms with van der Waals surface area (Å²) in [7, 11) is 0. The zero-order valence-corrected chi connectivity index (χ0v) is 16.8. The van der Waals surface area contributed by atoms with Crippen molar-refractivity contribution < 1.29 is 9.18 Å². The molecule has 0 saturated carbocycles. The summed E-state index contributed by atoms with van der Waals surface area (Å²) in [6, 6.07) is 16.8. The number of carbonyl (C=O) groups excluding carboxylic acids is 1. The fourth-order valence-corrected chi connectivity index (χ4v) is 4.04. The molecule has 4 heteroatoms. The van der Waals surface area contributed by atoms with Crippen molar-refractivity contribution in [3.8, 4) is 0 Å². The molecule has 0 atom stereocenters. The minimum Gasteiger partial charge on any atom is -0.338 e. The second kappa shape index (κ2) is 10.4. The van der Waals surface area contributed by atoms with Crippen molar-refractivity contribution in [1.82, 2.24) is 9.80 Å². The average Bonchev–Trinajstić information content (AvgIpc) is 2.77. The standard InChI is InChI=1S/C11H12FNO.C7H13N.C6H6/c1-8(14)13-5-4-9-6-11(12)3-2-10(9)7-13;1-4-8-5-2-7(1)3-6-8;1-2-4-6-5-3-1/h2-3,6H,4-5,7H2,1H3;7H,1-6H2;1-6H. The molecule has 0 unspecified atom stereocenters. The fraction of sp³-hybridized carbons (Fsp3) is 0.458. The molecule has 1 amide bonds. The molecule has 3 fully saturated rings. The first-order valence-corrected chi connectivity index (χ1v) is 10.4. The number of carbonyl (C=O) groups is 1. The lowest BCUT2D eigenvalue weighted by Crippen LogP contribution is -2.41. The van der Waals surface area contributed by atoms with Gasteiger partial charge in [0.05, 0.1) is 0 Å². The summed E-state index contributed by atoms with van der Waals surface area (Å²) >= 11 is 0. The second-order valence-corrected chi connectivity index (χ2v) is 7.83. The third kappa shape index (κ3) is 6.16. The number of piperidine rings is 3. The Balaban J connectivity index is 0.000000135. The molecule has 2 aromatic rings. The molecule has 0 radical (unpaired) electrons. The molecule has 0 aromatic heterocycles. The van der Waals surface area contributed by atoms with Gasteiger partial charge in [-0.05, 0) is 74.5 Å². The predicted molar refractivity (Wildman–Crippen MR) is 111 cm³/mol. The highest BCUT2D eigenvalue weighted by Crippen LogP contribution is 2.26. The van der Waals surface area contributed by atoms with Gasteiger partial charge in [-0.2, -0.15) is 0 Å². The molecule has 2 bridgehead atoms. The second-order valence-electron chi connectivity index (χ2n) is 7.83. The van der Waals surface area contributed by atoms with Crippen LogP contribution in [-0.4, -0.2) is 41.9 Å². The van der Waals surface area contributed by atoms with Crippen LogP contribution in [0.5, 0.6) is 0 Å². The Hall–Kier alpha value is -2.20. The predicted octanol–water partition coefficient (Wildman–Crippen LogP) is 4.52. The van der Waals surface area contributed by atoms with E-state index in [-0.39, 0.29) is 11.7 Å². The van der Waals surface area contributed by atoms with Gasteiger partial charge < -0.3 is 9.80 Å². The van der Waals surface area contributed by atoms with Gasteiger partial charge in [0.15, 0.2) is 0 Å². The molecule has 2 aromatic carbocycles. The maximum absolute atomic E-state index is 12.9. The number of fused-ring (bicyclic) bond motifs is 4. The van der Waals surface area contributed by atoms with Gasteiger partial charge in [0, 0.05) is 20.0 Å². The molecular weight excluding hydrogens is 351 g/mol. The SMILES string of the molecule is C1CN2CCC1CC2.CC(=O)N1CCc2cc(F)ccc2C1.c1ccccc1. The van der Waals surface area contributed by atoms with E-state index in [4.69, 9.17) is 0 Å². The average molecular weight is 383 g/mol. The first kappa shape index (κ1) is 20.5. The molecule has 6 rings (SSSR count). The van der Waals surface area contributed by atoms with E-state index in [1.54, 1.807) is 24.0 Å². The van der Waals surface area contributed by atoms with E-state index in [2.05, 4.69) is 4.90 Å². The highest BCUT2D eigenvalue weighted by atomic mass is 19.1. The Bertz CT molecular complexity index is 692. The third-order valence-electron chi connectivity index (χ3n) is 5.85. The minimum absolute atomic E-state index is 0.0833. The summed E-state index contributed by atoms with van der Waals surface area (Å²) in [5.41, 5.74) is 2.09. The van der Waals surface area contributed by atoms with Crippen LogP contribution in [0.3, 0.4) is 0 Å². The zero-order valence-electron chi connectivity index (χ0n) is 16.8. The van der Waals surface area contributed by atoms with Crippen LogP contribution in [0.25, 0.3) is 0 Å². The van der Waals surface area contributed by atoms with Gasteiger partial charge in [0.2, 0.25) is 5.91 Å². The molecule has 4 heterocycles. The Morgan fingerprint density at radius 3 is 1.89 bits per heavy atom. The van der Waals surface area contributed by atoms with E-state index in [1.165, 1.54) is 45.0 Å². The topological polar surface area (TPSA) is 23.6 Å². The summed E-state index contributed by atoms with van der Waals surface area (Å²) in [5.74, 6) is 1.00. The molecule has 28 heavy (non-hydrogen) atoms. The van der Waals surface area contributed by atoms with Crippen molar-refractivity contribution in [2.45, 2.75) is 39.2 Å². The molecule has 0 spiro atoms. The Morgan fingerprint density at radius 1 is 0.893 bits per heavy atom. The van der Waals surface area contributed by atoms with Crippen molar-refractivity contribution >= 4 is 5.91 Å². The molecule has 4 aliphatic rings. The number of rotatable bonds is 0. The van der Waals surface area contributed by atoms with Crippen molar-refractivity contribution in [2.75, 3.05) is 26.2 Å². The lowest BCUT2D eigenvalue weighted by molar-refractivity contribution is -0.129. The van der Waals surface area contributed by atoms with Gasteiger partial charge in [-0.25, -0.2) is 4.39 Å². The molecule has 3 nitrogen and oxygen atoms in total. The van der Waals surface area contributed by atoms with Gasteiger partial charge in [-0.3, -0.25) is 4.79 Å². The first-order chi connectivity index (χ1) is 13.6. The Kier molecular flexibility index (Phi) is 7.61. The summed E-state index contributed by atoms with van der Waals surface area (Å²) in [5, 5.41) is 0. The van der Waals surface area contributed by atoms with E-state index < -0.39 is 0 Å². The number of halogens is 1. The highest BCUT2D eigenvalue weighted by molar-refractivity contribution is 5.73. The van der Waals surface area contributed by atoms with Crippen LogP contribution in [0.1, 0.15) is 37.3 Å². The van der Waals surface area contributed by atoms with Crippen LogP contribution >= 0.6 is 0 Å². The third-order valence-corrected chi connectivity index (χ3v) is 5.85. The maximum atomic E-state index is 12.9. The van der Waals surface area contributed by atoms with E-state index in [0.29, 0.717) is 13.1 Å². The van der Waals surface area contributed by atoms with Gasteiger partial charge in [0.1, 0.15) is 5.82 Å². The van der Waals surface area contributed by atoms with Crippen LogP contribution in [0.2, 0.25) is 0 Å². The normalized spacial score (nSPS) is 22.1. The number of amides is 1. The van der Waals surface area contributed by atoms with Crippen molar-refractivity contribution in [3.63, 3.8) is 0 Å². The molecule has 0 N–H and O–H groups in total. The van der Waals surface area contributed by atoms with Crippen LogP contribution in [0.15, 0.2) is 54.6 Å². The summed E-state index contributed by atoms with van der Waals surface area (Å²) in [6.07, 6.45) is 5.21. The summed E-state index contributed by atoms with van der Waals surface area (Å²) in [6.45, 7) is 7.06. The lowest BCUT2D eigenvalue weighted by Gasteiger charge is -2.38. The Labute approximate surface area is 168 Å². The van der Waals surface area contributed by atoms with E-state index >= 15 is 0 Å². The van der Waals surface area contributed by atoms with Crippen molar-refractivity contribution in [3.05, 3.63) is 71.5 Å². The quantitative estimate of drug-likeness (QED) is 0.669. The molecular formula is C24H31FN2O. The maximum Gasteiger partial charge on any atom is 0.219 e. The smallest absolute Gasteiger partial charge is 0.219 e. The molecule has 3 saturated heterocycles. The van der Waals surface area contributed by atoms with E-state index in [1.807, 2.05) is 36.4 Å². The molecule has 150 valence electrons. The van der Waals surface area contributed by atoms with E-state index in [0.717, 1.165) is 23.5 Å². The molecule has 4 aliphatic heterocycles.